The summed E-state index contributed by atoms with van der Waals surface area (Å²) in [5.41, 5.74) is 3.30. The molecule has 1 aromatic heterocycles. The van der Waals surface area contributed by atoms with Crippen LogP contribution in [0.1, 0.15) is 24.6 Å². The first-order valence-electron chi connectivity index (χ1n) is 5.91. The van der Waals surface area contributed by atoms with Crippen LogP contribution in [-0.2, 0) is 12.8 Å². The van der Waals surface area contributed by atoms with Gasteiger partial charge in [-0.05, 0) is 48.9 Å². The minimum atomic E-state index is 0.701. The van der Waals surface area contributed by atoms with E-state index in [2.05, 4.69) is 6.92 Å². The summed E-state index contributed by atoms with van der Waals surface area (Å²) < 4.78 is 0. The van der Waals surface area contributed by atoms with E-state index >= 15 is 0 Å². The van der Waals surface area contributed by atoms with Crippen molar-refractivity contribution in [3.05, 3.63) is 39.5 Å². The number of benzene rings is 1. The molecule has 0 radical (unpaired) electrons. The second-order valence-corrected chi connectivity index (χ2v) is 5.67. The molecule has 0 saturated heterocycles. The molecule has 0 aliphatic heterocycles. The highest BCUT2D eigenvalue weighted by Gasteiger charge is 2.20. The van der Waals surface area contributed by atoms with Gasteiger partial charge in [0.15, 0.2) is 0 Å². The van der Waals surface area contributed by atoms with E-state index in [0.29, 0.717) is 10.9 Å². The molecule has 17 heavy (non-hydrogen) atoms. The summed E-state index contributed by atoms with van der Waals surface area (Å²) in [7, 11) is 0. The molecular formula is C14H13Cl2N. The van der Waals surface area contributed by atoms with Gasteiger partial charge in [0.05, 0.1) is 10.5 Å². The normalized spacial score (nSPS) is 19.4. The summed E-state index contributed by atoms with van der Waals surface area (Å²) in [6, 6.07) is 5.73. The van der Waals surface area contributed by atoms with Crippen LogP contribution in [0.3, 0.4) is 0 Å². The molecule has 0 amide bonds. The molecule has 1 aliphatic carbocycles. The minimum Gasteiger partial charge on any atom is -0.252 e. The van der Waals surface area contributed by atoms with Crippen LogP contribution in [0.5, 0.6) is 0 Å². The Hall–Kier alpha value is -0.790. The smallest absolute Gasteiger partial charge is 0.0735 e. The number of aromatic nitrogens is 1. The Balaban J connectivity index is 2.28. The maximum Gasteiger partial charge on any atom is 0.0735 e. The molecule has 1 aliphatic rings. The quantitative estimate of drug-likeness (QED) is 0.675. The summed E-state index contributed by atoms with van der Waals surface area (Å²) in [6.45, 7) is 2.27. The number of hydrogen-bond acceptors (Lipinski definition) is 1. The number of hydrogen-bond donors (Lipinski definition) is 0. The second-order valence-electron chi connectivity index (χ2n) is 4.86. The number of pyridine rings is 1. The van der Waals surface area contributed by atoms with Crippen molar-refractivity contribution in [2.75, 3.05) is 0 Å². The maximum atomic E-state index is 6.49. The molecule has 0 spiro atoms. The van der Waals surface area contributed by atoms with E-state index in [1.54, 1.807) is 0 Å². The average Bonchev–Trinajstić information content (AvgIpc) is 2.30. The van der Waals surface area contributed by atoms with Crippen molar-refractivity contribution >= 4 is 34.1 Å². The van der Waals surface area contributed by atoms with E-state index in [4.69, 9.17) is 28.2 Å². The van der Waals surface area contributed by atoms with E-state index in [9.17, 15) is 0 Å². The van der Waals surface area contributed by atoms with Crippen molar-refractivity contribution in [1.29, 1.82) is 0 Å². The lowest BCUT2D eigenvalue weighted by atomic mass is 9.87. The fraction of sp³-hybridized carbons (Fsp3) is 0.357. The van der Waals surface area contributed by atoms with Crippen LogP contribution in [-0.4, -0.2) is 4.98 Å². The third-order valence-corrected chi connectivity index (χ3v) is 4.16. The summed E-state index contributed by atoms with van der Waals surface area (Å²) in [5.74, 6) is 0.701. The van der Waals surface area contributed by atoms with Crippen molar-refractivity contribution < 1.29 is 0 Å². The lowest BCUT2D eigenvalue weighted by molar-refractivity contribution is 0.495. The zero-order valence-corrected chi connectivity index (χ0v) is 11.1. The molecule has 1 atom stereocenters. The Bertz CT molecular complexity index is 592. The van der Waals surface area contributed by atoms with Crippen LogP contribution in [0.2, 0.25) is 10.0 Å². The SMILES string of the molecule is CC1CCc2nc3cc(Cl)ccc3c(Cl)c2C1. The summed E-state index contributed by atoms with van der Waals surface area (Å²) in [5, 5.41) is 2.60. The molecule has 2 aromatic rings. The molecule has 1 unspecified atom stereocenters. The van der Waals surface area contributed by atoms with Crippen LogP contribution in [0.15, 0.2) is 18.2 Å². The Morgan fingerprint density at radius 3 is 2.94 bits per heavy atom. The molecule has 3 heteroatoms. The van der Waals surface area contributed by atoms with Crippen molar-refractivity contribution in [1.82, 2.24) is 4.98 Å². The fourth-order valence-corrected chi connectivity index (χ4v) is 3.05. The second kappa shape index (κ2) is 4.15. The maximum absolute atomic E-state index is 6.49. The van der Waals surface area contributed by atoms with E-state index in [1.165, 1.54) is 12.0 Å². The number of fused-ring (bicyclic) bond motifs is 2. The molecule has 3 rings (SSSR count). The Kier molecular flexibility index (Phi) is 2.76. The third-order valence-electron chi connectivity index (χ3n) is 3.49. The zero-order chi connectivity index (χ0) is 12.0. The fourth-order valence-electron chi connectivity index (χ4n) is 2.53. The number of halogens is 2. The Morgan fingerprint density at radius 1 is 1.29 bits per heavy atom. The van der Waals surface area contributed by atoms with Crippen LogP contribution >= 0.6 is 23.2 Å². The van der Waals surface area contributed by atoms with Crippen LogP contribution in [0, 0.1) is 5.92 Å². The molecule has 1 aromatic carbocycles. The highest BCUT2D eigenvalue weighted by Crippen LogP contribution is 2.35. The molecule has 1 heterocycles. The lowest BCUT2D eigenvalue weighted by Crippen LogP contribution is -2.13. The van der Waals surface area contributed by atoms with Gasteiger partial charge in [-0.25, -0.2) is 0 Å². The van der Waals surface area contributed by atoms with Crippen LogP contribution < -0.4 is 0 Å². The Labute approximate surface area is 111 Å². The first kappa shape index (κ1) is 11.3. The van der Waals surface area contributed by atoms with Crippen molar-refractivity contribution in [2.24, 2.45) is 5.92 Å². The van der Waals surface area contributed by atoms with E-state index in [1.807, 2.05) is 18.2 Å². The lowest BCUT2D eigenvalue weighted by Gasteiger charge is -2.22. The van der Waals surface area contributed by atoms with E-state index in [-0.39, 0.29) is 0 Å². The minimum absolute atomic E-state index is 0.701. The van der Waals surface area contributed by atoms with Gasteiger partial charge in [0.2, 0.25) is 0 Å². The molecule has 0 fully saturated rings. The first-order chi connectivity index (χ1) is 8.15. The zero-order valence-electron chi connectivity index (χ0n) is 9.63. The van der Waals surface area contributed by atoms with Gasteiger partial charge >= 0.3 is 0 Å². The van der Waals surface area contributed by atoms with Crippen molar-refractivity contribution in [2.45, 2.75) is 26.2 Å². The number of nitrogens with zero attached hydrogens (tertiary/aromatic N) is 1. The standard InChI is InChI=1S/C14H13Cl2N/c1-8-2-5-12-11(6-8)14(16)10-4-3-9(15)7-13(10)17-12/h3-4,7-8H,2,5-6H2,1H3. The van der Waals surface area contributed by atoms with Gasteiger partial charge in [0.25, 0.3) is 0 Å². The summed E-state index contributed by atoms with van der Waals surface area (Å²) in [4.78, 5) is 4.70. The predicted molar refractivity (Wildman–Crippen MR) is 73.0 cm³/mol. The monoisotopic (exact) mass is 265 g/mol. The Morgan fingerprint density at radius 2 is 2.12 bits per heavy atom. The van der Waals surface area contributed by atoms with Gasteiger partial charge in [-0.3, -0.25) is 4.98 Å². The number of aryl methyl sites for hydroxylation is 1. The largest absolute Gasteiger partial charge is 0.252 e. The van der Waals surface area contributed by atoms with Gasteiger partial charge in [0, 0.05) is 16.1 Å². The van der Waals surface area contributed by atoms with Gasteiger partial charge in [-0.15, -0.1) is 0 Å². The summed E-state index contributed by atoms with van der Waals surface area (Å²) in [6.07, 6.45) is 3.26. The van der Waals surface area contributed by atoms with Gasteiger partial charge in [0.1, 0.15) is 0 Å². The van der Waals surface area contributed by atoms with Gasteiger partial charge in [-0.1, -0.05) is 30.1 Å². The topological polar surface area (TPSA) is 12.9 Å². The molecular weight excluding hydrogens is 253 g/mol. The van der Waals surface area contributed by atoms with Gasteiger partial charge in [-0.2, -0.15) is 0 Å². The average molecular weight is 266 g/mol. The summed E-state index contributed by atoms with van der Waals surface area (Å²) >= 11 is 12.5. The highest BCUT2D eigenvalue weighted by atomic mass is 35.5. The highest BCUT2D eigenvalue weighted by molar-refractivity contribution is 6.37. The molecule has 0 saturated carbocycles. The van der Waals surface area contributed by atoms with Crippen molar-refractivity contribution in [3.8, 4) is 0 Å². The van der Waals surface area contributed by atoms with Gasteiger partial charge < -0.3 is 0 Å². The molecule has 0 bridgehead atoms. The van der Waals surface area contributed by atoms with Crippen molar-refractivity contribution in [3.63, 3.8) is 0 Å². The van der Waals surface area contributed by atoms with Crippen LogP contribution in [0.25, 0.3) is 10.9 Å². The number of rotatable bonds is 0. The first-order valence-corrected chi connectivity index (χ1v) is 6.67. The third kappa shape index (κ3) is 1.92. The van der Waals surface area contributed by atoms with E-state index < -0.39 is 0 Å². The van der Waals surface area contributed by atoms with Crippen LogP contribution in [0.4, 0.5) is 0 Å². The molecule has 1 nitrogen and oxygen atoms in total. The predicted octanol–water partition coefficient (Wildman–Crippen LogP) is 4.67. The molecule has 88 valence electrons. The van der Waals surface area contributed by atoms with E-state index in [0.717, 1.165) is 34.5 Å². The molecule has 0 N–H and O–H groups in total.